The van der Waals surface area contributed by atoms with Gasteiger partial charge in [0.1, 0.15) is 8.64 Å². The number of hydrogen-bond donors (Lipinski definition) is 2. The van der Waals surface area contributed by atoms with E-state index < -0.39 is 0 Å². The first-order chi connectivity index (χ1) is 10.2. The first-order valence-electron chi connectivity index (χ1n) is 7.61. The molecule has 4 nitrogen and oxygen atoms in total. The van der Waals surface area contributed by atoms with Crippen molar-refractivity contribution in [2.24, 2.45) is 0 Å². The van der Waals surface area contributed by atoms with Crippen LogP contribution in [0.3, 0.4) is 0 Å². The number of nitrogens with zero attached hydrogens (tertiary/aromatic N) is 2. The largest absolute Gasteiger partial charge is 0.304 e. The van der Waals surface area contributed by atoms with Crippen molar-refractivity contribution >= 4 is 56.6 Å². The van der Waals surface area contributed by atoms with E-state index in [4.69, 9.17) is 24.4 Å². The second-order valence-corrected chi connectivity index (χ2v) is 8.97. The van der Waals surface area contributed by atoms with Gasteiger partial charge in [0, 0.05) is 26.2 Å². The Kier molecular flexibility index (Phi) is 8.64. The molecule has 2 saturated heterocycles. The van der Waals surface area contributed by atoms with Gasteiger partial charge >= 0.3 is 0 Å². The highest BCUT2D eigenvalue weighted by atomic mass is 32.2. The fourth-order valence-electron chi connectivity index (χ4n) is 2.47. The SMILES string of the molecule is S=C(NN1CCCCC1)SCSC(=S)NN1CCCCC1. The molecule has 0 aromatic heterocycles. The molecule has 2 rings (SSSR count). The summed E-state index contributed by atoms with van der Waals surface area (Å²) in [7, 11) is 0. The summed E-state index contributed by atoms with van der Waals surface area (Å²) in [5.74, 6) is 0. The highest BCUT2D eigenvalue weighted by Gasteiger charge is 2.13. The fraction of sp³-hybridized carbons (Fsp3) is 0.846. The molecular weight excluding hydrogens is 340 g/mol. The quantitative estimate of drug-likeness (QED) is 0.582. The molecule has 0 spiro atoms. The van der Waals surface area contributed by atoms with E-state index in [2.05, 4.69) is 20.9 Å². The monoisotopic (exact) mass is 364 g/mol. The van der Waals surface area contributed by atoms with E-state index in [1.54, 1.807) is 23.5 Å². The van der Waals surface area contributed by atoms with Crippen LogP contribution in [0.15, 0.2) is 0 Å². The minimum Gasteiger partial charge on any atom is -0.304 e. The van der Waals surface area contributed by atoms with Crippen molar-refractivity contribution in [1.29, 1.82) is 0 Å². The van der Waals surface area contributed by atoms with Crippen LogP contribution < -0.4 is 10.9 Å². The lowest BCUT2D eigenvalue weighted by molar-refractivity contribution is 0.197. The normalized spacial score (nSPS) is 21.0. The van der Waals surface area contributed by atoms with Crippen molar-refractivity contribution in [3.05, 3.63) is 0 Å². The third kappa shape index (κ3) is 7.47. The molecule has 2 N–H and O–H groups in total. The molecular formula is C13H24N4S4. The zero-order chi connectivity index (χ0) is 14.9. The van der Waals surface area contributed by atoms with Crippen LogP contribution in [-0.4, -0.2) is 49.9 Å². The summed E-state index contributed by atoms with van der Waals surface area (Å²) in [5, 5.41) is 5.32. The van der Waals surface area contributed by atoms with Crippen molar-refractivity contribution in [3.63, 3.8) is 0 Å². The van der Waals surface area contributed by atoms with Gasteiger partial charge in [0.25, 0.3) is 0 Å². The Morgan fingerprint density at radius 1 is 0.714 bits per heavy atom. The van der Waals surface area contributed by atoms with Crippen molar-refractivity contribution in [2.45, 2.75) is 38.5 Å². The Bertz CT molecular complexity index is 309. The smallest absolute Gasteiger partial charge is 0.149 e. The van der Waals surface area contributed by atoms with Crippen LogP contribution in [0.2, 0.25) is 0 Å². The number of hydrazine groups is 2. The maximum atomic E-state index is 5.37. The summed E-state index contributed by atoms with van der Waals surface area (Å²) >= 11 is 14.1. The molecule has 0 aliphatic carbocycles. The lowest BCUT2D eigenvalue weighted by atomic mass is 10.2. The van der Waals surface area contributed by atoms with Crippen LogP contribution in [-0.2, 0) is 0 Å². The van der Waals surface area contributed by atoms with Crippen molar-refractivity contribution in [3.8, 4) is 0 Å². The van der Waals surface area contributed by atoms with Crippen LogP contribution in [0.1, 0.15) is 38.5 Å². The molecule has 2 aliphatic heterocycles. The van der Waals surface area contributed by atoms with E-state index in [1.165, 1.54) is 38.5 Å². The highest BCUT2D eigenvalue weighted by Crippen LogP contribution is 2.16. The van der Waals surface area contributed by atoms with Gasteiger partial charge in [0.05, 0.1) is 5.08 Å². The zero-order valence-electron chi connectivity index (χ0n) is 12.3. The molecule has 120 valence electrons. The van der Waals surface area contributed by atoms with Gasteiger partial charge in [-0.1, -0.05) is 60.8 Å². The third-order valence-corrected chi connectivity index (χ3v) is 6.13. The van der Waals surface area contributed by atoms with Gasteiger partial charge < -0.3 is 10.9 Å². The van der Waals surface area contributed by atoms with Gasteiger partial charge in [-0.05, 0) is 25.7 Å². The van der Waals surface area contributed by atoms with Gasteiger partial charge in [0.2, 0.25) is 0 Å². The first-order valence-corrected chi connectivity index (χ1v) is 10.4. The van der Waals surface area contributed by atoms with E-state index in [-0.39, 0.29) is 0 Å². The predicted molar refractivity (Wildman–Crippen MR) is 102 cm³/mol. The van der Waals surface area contributed by atoms with Gasteiger partial charge in [-0.25, -0.2) is 10.0 Å². The molecule has 0 unspecified atom stereocenters. The standard InChI is InChI=1S/C13H24N4S4/c18-12(14-16-7-3-1-4-8-16)20-11-21-13(19)15-17-9-5-2-6-10-17/h1-11H2,(H,14,18)(H,15,19). The Morgan fingerprint density at radius 2 is 1.10 bits per heavy atom. The second kappa shape index (κ2) is 10.2. The summed E-state index contributed by atoms with van der Waals surface area (Å²) < 4.78 is 1.70. The maximum absolute atomic E-state index is 5.37. The molecule has 2 heterocycles. The van der Waals surface area contributed by atoms with Gasteiger partial charge in [-0.15, -0.1) is 0 Å². The molecule has 0 aromatic carbocycles. The maximum Gasteiger partial charge on any atom is 0.149 e. The van der Waals surface area contributed by atoms with Gasteiger partial charge in [-0.3, -0.25) is 0 Å². The molecule has 21 heavy (non-hydrogen) atoms. The fourth-order valence-corrected chi connectivity index (χ4v) is 5.07. The average Bonchev–Trinajstić information content (AvgIpc) is 2.49. The Morgan fingerprint density at radius 3 is 1.48 bits per heavy atom. The van der Waals surface area contributed by atoms with E-state index in [9.17, 15) is 0 Å². The molecule has 8 heteroatoms. The lowest BCUT2D eigenvalue weighted by Gasteiger charge is -2.28. The van der Waals surface area contributed by atoms with Crippen LogP contribution in [0.4, 0.5) is 0 Å². The Hall–Kier alpha value is 0.400. The lowest BCUT2D eigenvalue weighted by Crippen LogP contribution is -2.44. The van der Waals surface area contributed by atoms with E-state index >= 15 is 0 Å². The van der Waals surface area contributed by atoms with Crippen LogP contribution in [0.25, 0.3) is 0 Å². The van der Waals surface area contributed by atoms with E-state index in [1.807, 2.05) is 0 Å². The van der Waals surface area contributed by atoms with E-state index in [0.717, 1.165) is 39.9 Å². The summed E-state index contributed by atoms with van der Waals surface area (Å²) in [6, 6.07) is 0. The molecule has 0 atom stereocenters. The molecule has 2 fully saturated rings. The molecule has 0 saturated carbocycles. The molecule has 0 aromatic rings. The Labute approximate surface area is 147 Å². The summed E-state index contributed by atoms with van der Waals surface area (Å²) in [6.45, 7) is 4.40. The summed E-state index contributed by atoms with van der Waals surface area (Å²) in [5.41, 5.74) is 6.63. The zero-order valence-corrected chi connectivity index (χ0v) is 15.6. The molecule has 2 aliphatic rings. The number of piperidine rings is 2. The highest BCUT2D eigenvalue weighted by molar-refractivity contribution is 8.35. The number of rotatable bonds is 4. The van der Waals surface area contributed by atoms with Crippen LogP contribution in [0, 0.1) is 0 Å². The molecule has 0 amide bonds. The molecule has 0 radical (unpaired) electrons. The van der Waals surface area contributed by atoms with Crippen molar-refractivity contribution < 1.29 is 0 Å². The second-order valence-electron chi connectivity index (χ2n) is 5.30. The minimum absolute atomic E-state index is 0.852. The Balaban J connectivity index is 1.53. The minimum atomic E-state index is 0.852. The van der Waals surface area contributed by atoms with Gasteiger partial charge in [-0.2, -0.15) is 0 Å². The molecule has 0 bridgehead atoms. The van der Waals surface area contributed by atoms with Crippen molar-refractivity contribution in [1.82, 2.24) is 20.9 Å². The van der Waals surface area contributed by atoms with Gasteiger partial charge in [0.15, 0.2) is 0 Å². The number of nitrogens with one attached hydrogen (secondary N) is 2. The third-order valence-electron chi connectivity index (χ3n) is 3.59. The van der Waals surface area contributed by atoms with Crippen molar-refractivity contribution in [2.75, 3.05) is 31.3 Å². The topological polar surface area (TPSA) is 30.5 Å². The number of thioether (sulfide) groups is 2. The number of thiocarbonyl (C=S) groups is 2. The number of hydrogen-bond acceptors (Lipinski definition) is 6. The summed E-state index contributed by atoms with van der Waals surface area (Å²) in [6.07, 6.45) is 7.73. The van der Waals surface area contributed by atoms with Crippen LogP contribution in [0.5, 0.6) is 0 Å². The van der Waals surface area contributed by atoms with Crippen LogP contribution >= 0.6 is 48.0 Å². The average molecular weight is 365 g/mol. The predicted octanol–water partition coefficient (Wildman–Crippen LogP) is 2.96. The van der Waals surface area contributed by atoms with E-state index in [0.29, 0.717) is 0 Å². The summed E-state index contributed by atoms with van der Waals surface area (Å²) in [4.78, 5) is 0. The first kappa shape index (κ1) is 17.7.